The fraction of sp³-hybridized carbons (Fsp3) is 0.571. The van der Waals surface area contributed by atoms with Crippen LogP contribution in [0.4, 0.5) is 0 Å². The second-order valence-electron chi connectivity index (χ2n) is 5.14. The first-order chi connectivity index (χ1) is 9.11. The van der Waals surface area contributed by atoms with Crippen LogP contribution < -0.4 is 5.73 Å². The van der Waals surface area contributed by atoms with E-state index >= 15 is 0 Å². The van der Waals surface area contributed by atoms with E-state index in [4.69, 9.17) is 10.9 Å². The molecule has 1 rings (SSSR count). The van der Waals surface area contributed by atoms with E-state index in [1.54, 1.807) is 0 Å². The predicted octanol–water partition coefficient (Wildman–Crippen LogP) is 1.72. The van der Waals surface area contributed by atoms with Gasteiger partial charge in [-0.25, -0.2) is 0 Å². The van der Waals surface area contributed by atoms with Crippen molar-refractivity contribution in [2.75, 3.05) is 19.6 Å². The van der Waals surface area contributed by atoms with E-state index in [1.807, 2.05) is 24.5 Å². The molecule has 0 fully saturated rings. The molecule has 1 heterocycles. The molecule has 0 unspecified atom stereocenters. The van der Waals surface area contributed by atoms with Crippen LogP contribution in [0.3, 0.4) is 0 Å². The maximum absolute atomic E-state index is 8.57. The van der Waals surface area contributed by atoms with Gasteiger partial charge < -0.3 is 15.8 Å². The molecule has 19 heavy (non-hydrogen) atoms. The van der Waals surface area contributed by atoms with Gasteiger partial charge in [0.25, 0.3) is 0 Å². The molecule has 1 aromatic rings. The van der Waals surface area contributed by atoms with Gasteiger partial charge in [-0.2, -0.15) is 0 Å². The number of aromatic nitrogens is 1. The molecular formula is C14H24N4O. The van der Waals surface area contributed by atoms with Crippen LogP contribution in [0.25, 0.3) is 0 Å². The quantitative estimate of drug-likeness (QED) is 0.324. The minimum Gasteiger partial charge on any atom is -0.409 e. The SMILES string of the molecule is CC(C)CN(CCC(N)=NO)CCc1ccncc1. The lowest BCUT2D eigenvalue weighted by Crippen LogP contribution is -2.33. The Morgan fingerprint density at radius 1 is 1.37 bits per heavy atom. The predicted molar refractivity (Wildman–Crippen MR) is 77.2 cm³/mol. The number of nitrogens with zero attached hydrogens (tertiary/aromatic N) is 3. The topological polar surface area (TPSA) is 74.7 Å². The van der Waals surface area contributed by atoms with Gasteiger partial charge in [-0.05, 0) is 30.0 Å². The van der Waals surface area contributed by atoms with Crippen molar-refractivity contribution in [3.05, 3.63) is 30.1 Å². The normalized spacial score (nSPS) is 12.3. The number of oxime groups is 1. The average molecular weight is 264 g/mol. The smallest absolute Gasteiger partial charge is 0.140 e. The summed E-state index contributed by atoms with van der Waals surface area (Å²) >= 11 is 0. The van der Waals surface area contributed by atoms with E-state index in [0.717, 1.165) is 26.1 Å². The molecule has 0 spiro atoms. The molecule has 0 radical (unpaired) electrons. The molecule has 0 amide bonds. The Kier molecular flexibility index (Phi) is 6.89. The van der Waals surface area contributed by atoms with E-state index in [1.165, 1.54) is 5.56 Å². The summed E-state index contributed by atoms with van der Waals surface area (Å²) in [6.45, 7) is 7.20. The summed E-state index contributed by atoms with van der Waals surface area (Å²) in [7, 11) is 0. The van der Waals surface area contributed by atoms with Crippen LogP contribution >= 0.6 is 0 Å². The molecule has 3 N–H and O–H groups in total. The van der Waals surface area contributed by atoms with Gasteiger partial charge in [0, 0.05) is 38.4 Å². The second kappa shape index (κ2) is 8.48. The first kappa shape index (κ1) is 15.4. The highest BCUT2D eigenvalue weighted by Gasteiger charge is 2.08. The fourth-order valence-electron chi connectivity index (χ4n) is 1.97. The molecule has 0 saturated heterocycles. The van der Waals surface area contributed by atoms with Gasteiger partial charge in [-0.15, -0.1) is 0 Å². The first-order valence-corrected chi connectivity index (χ1v) is 6.69. The molecule has 1 aromatic heterocycles. The summed E-state index contributed by atoms with van der Waals surface area (Å²) in [5.41, 5.74) is 6.81. The minimum absolute atomic E-state index is 0.290. The molecule has 0 atom stereocenters. The summed E-state index contributed by atoms with van der Waals surface area (Å²) in [4.78, 5) is 6.37. The summed E-state index contributed by atoms with van der Waals surface area (Å²) in [5.74, 6) is 0.891. The van der Waals surface area contributed by atoms with Crippen molar-refractivity contribution in [1.82, 2.24) is 9.88 Å². The maximum Gasteiger partial charge on any atom is 0.140 e. The van der Waals surface area contributed by atoms with Crippen molar-refractivity contribution >= 4 is 5.84 Å². The summed E-state index contributed by atoms with van der Waals surface area (Å²) in [6.07, 6.45) is 5.22. The Balaban J connectivity index is 2.45. The molecule has 0 saturated carbocycles. The highest BCUT2D eigenvalue weighted by molar-refractivity contribution is 5.79. The molecule has 0 aliphatic rings. The molecule has 0 bridgehead atoms. The second-order valence-corrected chi connectivity index (χ2v) is 5.14. The van der Waals surface area contributed by atoms with Crippen LogP contribution in [-0.4, -0.2) is 40.6 Å². The Morgan fingerprint density at radius 3 is 2.63 bits per heavy atom. The third-order valence-corrected chi connectivity index (χ3v) is 2.90. The molecule has 0 aromatic carbocycles. The van der Waals surface area contributed by atoms with Gasteiger partial charge in [0.2, 0.25) is 0 Å². The van der Waals surface area contributed by atoms with Gasteiger partial charge in [-0.3, -0.25) is 4.98 Å². The van der Waals surface area contributed by atoms with Crippen molar-refractivity contribution in [2.45, 2.75) is 26.7 Å². The van der Waals surface area contributed by atoms with Gasteiger partial charge in [0.05, 0.1) is 0 Å². The van der Waals surface area contributed by atoms with Crippen LogP contribution in [0.15, 0.2) is 29.7 Å². The van der Waals surface area contributed by atoms with Gasteiger partial charge >= 0.3 is 0 Å². The van der Waals surface area contributed by atoms with Gasteiger partial charge in [0.1, 0.15) is 5.84 Å². The highest BCUT2D eigenvalue weighted by Crippen LogP contribution is 2.04. The van der Waals surface area contributed by atoms with E-state index in [2.05, 4.69) is 28.9 Å². The molecule has 0 aliphatic heterocycles. The Morgan fingerprint density at radius 2 is 2.05 bits per heavy atom. The number of rotatable bonds is 8. The lowest BCUT2D eigenvalue weighted by molar-refractivity contribution is 0.251. The monoisotopic (exact) mass is 264 g/mol. The van der Waals surface area contributed by atoms with Crippen molar-refractivity contribution < 1.29 is 5.21 Å². The fourth-order valence-corrected chi connectivity index (χ4v) is 1.97. The number of amidine groups is 1. The number of pyridine rings is 1. The zero-order valence-electron chi connectivity index (χ0n) is 11.8. The molecule has 5 nitrogen and oxygen atoms in total. The highest BCUT2D eigenvalue weighted by atomic mass is 16.4. The molecule has 0 aliphatic carbocycles. The van der Waals surface area contributed by atoms with Crippen LogP contribution in [0.1, 0.15) is 25.8 Å². The number of nitrogens with two attached hydrogens (primary N) is 1. The van der Waals surface area contributed by atoms with Crippen molar-refractivity contribution in [1.29, 1.82) is 0 Å². The average Bonchev–Trinajstić information content (AvgIpc) is 2.42. The Bertz CT molecular complexity index is 378. The van der Waals surface area contributed by atoms with E-state index in [-0.39, 0.29) is 5.84 Å². The Hall–Kier alpha value is -1.62. The molecule has 5 heteroatoms. The summed E-state index contributed by atoms with van der Waals surface area (Å²) < 4.78 is 0. The zero-order valence-corrected chi connectivity index (χ0v) is 11.8. The first-order valence-electron chi connectivity index (χ1n) is 6.69. The summed E-state index contributed by atoms with van der Waals surface area (Å²) in [5, 5.41) is 11.6. The molecular weight excluding hydrogens is 240 g/mol. The van der Waals surface area contributed by atoms with Crippen molar-refractivity contribution in [2.24, 2.45) is 16.8 Å². The standard InChI is InChI=1S/C14H24N4O/c1-12(2)11-18(10-6-14(15)17-19)9-5-13-3-7-16-8-4-13/h3-4,7-8,12,19H,5-6,9-11H2,1-2H3,(H2,15,17). The van der Waals surface area contributed by atoms with Crippen LogP contribution in [0, 0.1) is 5.92 Å². The summed E-state index contributed by atoms with van der Waals surface area (Å²) in [6, 6.07) is 4.08. The van der Waals surface area contributed by atoms with Crippen LogP contribution in [-0.2, 0) is 6.42 Å². The molecule has 106 valence electrons. The van der Waals surface area contributed by atoms with Crippen LogP contribution in [0.5, 0.6) is 0 Å². The lowest BCUT2D eigenvalue weighted by Gasteiger charge is -2.24. The zero-order chi connectivity index (χ0) is 14.1. The van der Waals surface area contributed by atoms with Gasteiger partial charge in [-0.1, -0.05) is 19.0 Å². The van der Waals surface area contributed by atoms with E-state index in [0.29, 0.717) is 12.3 Å². The number of hydrogen-bond acceptors (Lipinski definition) is 4. The van der Waals surface area contributed by atoms with Crippen molar-refractivity contribution in [3.63, 3.8) is 0 Å². The third-order valence-electron chi connectivity index (χ3n) is 2.90. The van der Waals surface area contributed by atoms with Crippen LogP contribution in [0.2, 0.25) is 0 Å². The number of hydrogen-bond donors (Lipinski definition) is 2. The minimum atomic E-state index is 0.290. The Labute approximate surface area is 115 Å². The largest absolute Gasteiger partial charge is 0.409 e. The van der Waals surface area contributed by atoms with E-state index in [9.17, 15) is 0 Å². The third kappa shape index (κ3) is 6.76. The maximum atomic E-state index is 8.57. The lowest BCUT2D eigenvalue weighted by atomic mass is 10.1. The van der Waals surface area contributed by atoms with Crippen molar-refractivity contribution in [3.8, 4) is 0 Å². The van der Waals surface area contributed by atoms with E-state index < -0.39 is 0 Å². The van der Waals surface area contributed by atoms with Gasteiger partial charge in [0.15, 0.2) is 0 Å².